The lowest BCUT2D eigenvalue weighted by molar-refractivity contribution is -0.147. The molecule has 0 aromatic carbocycles. The first kappa shape index (κ1) is 39.8. The van der Waals surface area contributed by atoms with E-state index in [-0.39, 0.29) is 32.1 Å². The summed E-state index contributed by atoms with van der Waals surface area (Å²) >= 11 is 0. The highest BCUT2D eigenvalue weighted by Gasteiger charge is 2.23. The van der Waals surface area contributed by atoms with Gasteiger partial charge in [-0.05, 0) is 38.5 Å². The van der Waals surface area contributed by atoms with E-state index in [1.54, 1.807) is 0 Å². The third-order valence-electron chi connectivity index (χ3n) is 6.70. The number of unbranched alkanes of at least 4 members (excludes halogenated alkanes) is 15. The lowest BCUT2D eigenvalue weighted by atomic mass is 10.1. The summed E-state index contributed by atoms with van der Waals surface area (Å²) < 4.78 is 26.4. The highest BCUT2D eigenvalue weighted by Crippen LogP contribution is 2.42. The van der Waals surface area contributed by atoms with Crippen molar-refractivity contribution in [1.82, 2.24) is 5.32 Å². The Morgan fingerprint density at radius 2 is 1.27 bits per heavy atom. The fourth-order valence-electron chi connectivity index (χ4n) is 4.17. The van der Waals surface area contributed by atoms with Gasteiger partial charge in [-0.25, -0.2) is 4.57 Å². The Morgan fingerprint density at radius 3 is 1.85 bits per heavy atom. The molecule has 0 saturated carbocycles. The third-order valence-corrected chi connectivity index (χ3v) is 7.68. The number of aliphatic hydroxyl groups excluding tert-OH is 1. The number of hydrogen-bond acceptors (Lipinski definition) is 7. The number of aliphatic hydroxyl groups is 1. The number of allylic oxidation sites excluding steroid dienone is 2. The normalized spacial score (nSPS) is 13.8. The van der Waals surface area contributed by atoms with E-state index in [9.17, 15) is 24.2 Å². The number of rotatable bonds is 30. The van der Waals surface area contributed by atoms with E-state index >= 15 is 0 Å². The van der Waals surface area contributed by atoms with Crippen LogP contribution in [0.4, 0.5) is 0 Å². The minimum atomic E-state index is -4.38. The van der Waals surface area contributed by atoms with Crippen molar-refractivity contribution in [1.29, 1.82) is 0 Å². The van der Waals surface area contributed by atoms with Crippen molar-refractivity contribution in [3.63, 3.8) is 0 Å². The quantitative estimate of drug-likeness (QED) is 0.0331. The maximum absolute atomic E-state index is 11.9. The summed E-state index contributed by atoms with van der Waals surface area (Å²) in [5, 5.41) is 12.4. The largest absolute Gasteiger partial charge is 0.472 e. The Kier molecular flexibility index (Phi) is 28.0. The van der Waals surface area contributed by atoms with Gasteiger partial charge in [-0.1, -0.05) is 103 Å². The SMILES string of the molecule is CCCCCCCCC/C=C\CCCCCCCCCC(=O)OCC(O)COP(=O)(O)OCCNC(=O)CCCC. The molecule has 3 N–H and O–H groups in total. The molecule has 0 aliphatic carbocycles. The monoisotopic (exact) mass is 605 g/mol. The molecule has 0 spiro atoms. The number of nitrogens with one attached hydrogen (secondary N) is 1. The molecule has 0 heterocycles. The van der Waals surface area contributed by atoms with Crippen LogP contribution in [0.3, 0.4) is 0 Å². The third kappa shape index (κ3) is 30.0. The predicted octanol–water partition coefficient (Wildman–Crippen LogP) is 7.54. The number of carbonyl (C=O) groups excluding carboxylic acids is 2. The molecular formula is C31H60NO8P. The Morgan fingerprint density at radius 1 is 0.732 bits per heavy atom. The van der Waals surface area contributed by atoms with E-state index in [0.717, 1.165) is 32.1 Å². The first-order chi connectivity index (χ1) is 19.8. The van der Waals surface area contributed by atoms with Crippen LogP contribution in [-0.4, -0.2) is 54.3 Å². The summed E-state index contributed by atoms with van der Waals surface area (Å²) in [7, 11) is -4.38. The van der Waals surface area contributed by atoms with Crippen LogP contribution in [0.25, 0.3) is 0 Å². The highest BCUT2D eigenvalue weighted by atomic mass is 31.2. The number of ether oxygens (including phenoxy) is 1. The fraction of sp³-hybridized carbons (Fsp3) is 0.871. The lowest BCUT2D eigenvalue weighted by Crippen LogP contribution is -2.27. The molecule has 41 heavy (non-hydrogen) atoms. The summed E-state index contributed by atoms with van der Waals surface area (Å²) in [6.07, 6.45) is 25.3. The number of phosphoric acid groups is 1. The van der Waals surface area contributed by atoms with Gasteiger partial charge in [0.1, 0.15) is 12.7 Å². The van der Waals surface area contributed by atoms with Gasteiger partial charge in [0.25, 0.3) is 0 Å². The lowest BCUT2D eigenvalue weighted by Gasteiger charge is -2.15. The van der Waals surface area contributed by atoms with E-state index in [2.05, 4.69) is 24.4 Å². The summed E-state index contributed by atoms with van der Waals surface area (Å²) in [6.45, 7) is 3.28. The van der Waals surface area contributed by atoms with Crippen LogP contribution in [0, 0.1) is 0 Å². The Bertz CT molecular complexity index is 704. The molecule has 0 aromatic heterocycles. The van der Waals surface area contributed by atoms with Crippen molar-refractivity contribution in [2.75, 3.05) is 26.4 Å². The van der Waals surface area contributed by atoms with Gasteiger partial charge in [0, 0.05) is 19.4 Å². The highest BCUT2D eigenvalue weighted by molar-refractivity contribution is 7.47. The molecule has 10 heteroatoms. The van der Waals surface area contributed by atoms with Gasteiger partial charge in [-0.15, -0.1) is 0 Å². The van der Waals surface area contributed by atoms with Crippen molar-refractivity contribution in [2.24, 2.45) is 0 Å². The standard InChI is InChI=1S/C31H60NO8P/c1-3-5-7-8-9-10-11-12-13-14-15-16-17-18-19-20-21-22-24-31(35)38-27-29(33)28-40-41(36,37)39-26-25-32-30(34)23-6-4-2/h13-14,29,33H,3-12,15-28H2,1-2H3,(H,32,34)(H,36,37)/b14-13-. The summed E-state index contributed by atoms with van der Waals surface area (Å²) in [5.74, 6) is -0.557. The summed E-state index contributed by atoms with van der Waals surface area (Å²) in [5.41, 5.74) is 0. The van der Waals surface area contributed by atoms with Gasteiger partial charge in [-0.3, -0.25) is 18.6 Å². The molecule has 2 atom stereocenters. The number of amides is 1. The van der Waals surface area contributed by atoms with Crippen molar-refractivity contribution in [3.05, 3.63) is 12.2 Å². The van der Waals surface area contributed by atoms with Crippen LogP contribution >= 0.6 is 7.82 Å². The number of esters is 1. The second-order valence-corrected chi connectivity index (χ2v) is 12.2. The fourth-order valence-corrected chi connectivity index (χ4v) is 4.93. The second kappa shape index (κ2) is 28.9. The van der Waals surface area contributed by atoms with Gasteiger partial charge in [-0.2, -0.15) is 0 Å². The van der Waals surface area contributed by atoms with Gasteiger partial charge in [0.2, 0.25) is 5.91 Å². The first-order valence-corrected chi connectivity index (χ1v) is 17.7. The van der Waals surface area contributed by atoms with Crippen LogP contribution in [-0.2, 0) is 27.9 Å². The minimum Gasteiger partial charge on any atom is -0.463 e. The molecule has 0 radical (unpaired) electrons. The smallest absolute Gasteiger partial charge is 0.463 e. The first-order valence-electron chi connectivity index (χ1n) is 16.2. The van der Waals surface area contributed by atoms with Gasteiger partial charge in [0.15, 0.2) is 0 Å². The maximum Gasteiger partial charge on any atom is 0.472 e. The van der Waals surface area contributed by atoms with E-state index in [0.29, 0.717) is 6.42 Å². The molecule has 242 valence electrons. The zero-order valence-electron chi connectivity index (χ0n) is 26.0. The zero-order chi connectivity index (χ0) is 30.4. The molecule has 9 nitrogen and oxygen atoms in total. The average molecular weight is 606 g/mol. The Hall–Kier alpha value is -1.25. The zero-order valence-corrected chi connectivity index (χ0v) is 26.9. The molecule has 2 unspecified atom stereocenters. The molecular weight excluding hydrogens is 545 g/mol. The molecule has 0 fully saturated rings. The van der Waals surface area contributed by atoms with Crippen LogP contribution in [0.1, 0.15) is 142 Å². The van der Waals surface area contributed by atoms with E-state index in [1.165, 1.54) is 83.5 Å². The maximum atomic E-state index is 11.9. The van der Waals surface area contributed by atoms with Crippen molar-refractivity contribution in [3.8, 4) is 0 Å². The molecule has 0 bridgehead atoms. The van der Waals surface area contributed by atoms with E-state index < -0.39 is 26.5 Å². The molecule has 0 aromatic rings. The molecule has 1 amide bonds. The number of carbonyl (C=O) groups is 2. The average Bonchev–Trinajstić information content (AvgIpc) is 2.95. The van der Waals surface area contributed by atoms with Gasteiger partial charge >= 0.3 is 13.8 Å². The topological polar surface area (TPSA) is 131 Å². The van der Waals surface area contributed by atoms with E-state index in [1.807, 2.05) is 6.92 Å². The Labute approximate surface area is 249 Å². The minimum absolute atomic E-state index is 0.0770. The van der Waals surface area contributed by atoms with Crippen LogP contribution in [0.15, 0.2) is 12.2 Å². The molecule has 0 aliphatic rings. The van der Waals surface area contributed by atoms with Crippen molar-refractivity contribution in [2.45, 2.75) is 148 Å². The predicted molar refractivity (Wildman–Crippen MR) is 165 cm³/mol. The van der Waals surface area contributed by atoms with Crippen LogP contribution in [0.2, 0.25) is 0 Å². The van der Waals surface area contributed by atoms with E-state index in [4.69, 9.17) is 13.8 Å². The van der Waals surface area contributed by atoms with Crippen molar-refractivity contribution < 1.29 is 37.9 Å². The second-order valence-electron chi connectivity index (χ2n) is 10.8. The van der Waals surface area contributed by atoms with Crippen molar-refractivity contribution >= 4 is 19.7 Å². The van der Waals surface area contributed by atoms with Crippen LogP contribution in [0.5, 0.6) is 0 Å². The van der Waals surface area contributed by atoms with Gasteiger partial charge in [0.05, 0.1) is 13.2 Å². The van der Waals surface area contributed by atoms with Crippen LogP contribution < -0.4 is 5.32 Å². The Balaban J connectivity index is 3.56. The molecule has 0 saturated heterocycles. The number of phosphoric ester groups is 1. The van der Waals surface area contributed by atoms with Gasteiger partial charge < -0.3 is 20.1 Å². The summed E-state index contributed by atoms with van der Waals surface area (Å²) in [6, 6.07) is 0. The summed E-state index contributed by atoms with van der Waals surface area (Å²) in [4.78, 5) is 33.0. The number of hydrogen-bond donors (Lipinski definition) is 3. The molecule has 0 aliphatic heterocycles. The molecule has 0 rings (SSSR count).